The smallest absolute Gasteiger partial charge is 0.164 e. The Labute approximate surface area is 693 Å². The minimum Gasteiger partial charge on any atom is -0.455 e. The van der Waals surface area contributed by atoms with Crippen LogP contribution >= 0.6 is 22.7 Å². The lowest BCUT2D eigenvalue weighted by Gasteiger charge is -2.12. The summed E-state index contributed by atoms with van der Waals surface area (Å²) in [7, 11) is 0. The molecule has 0 spiro atoms. The quantitative estimate of drug-likeness (QED) is 0.111. The molecule has 0 aliphatic heterocycles. The number of rotatable bonds is 13. The molecular formula is C108H66N8OS2. The molecule has 0 aliphatic carbocycles. The van der Waals surface area contributed by atoms with Gasteiger partial charge in [0.05, 0.1) is 31.8 Å². The maximum atomic E-state index is 6.45. The Morgan fingerprint density at radius 1 is 0.185 bits per heavy atom. The second kappa shape index (κ2) is 30.1. The summed E-state index contributed by atoms with van der Waals surface area (Å²) in [5.74, 6) is 3.84. The fourth-order valence-electron chi connectivity index (χ4n) is 16.4. The Morgan fingerprint density at radius 3 is 0.983 bits per heavy atom. The molecule has 0 bridgehead atoms. The lowest BCUT2D eigenvalue weighted by molar-refractivity contribution is 0.670. The SMILES string of the molecule is c1ccc(-c2cccc(-c3ccc4c(c3)nc(-c3cccc(-c5cccc(-c6nc(-c7ccccc7)nc(-c7ccccc7)n6)c5)c3)c3sc5ccccc5c34)c2)cc1.c1ccc(-c2nc(-c3ccccc3)nc(-c3ccc(-c4ccc(-c5nc6cc(-c7cccc8c7oc7ccccc78)ccc6c6c5sc5ccccc56)cc4)cc3)n2)cc1. The van der Waals surface area contributed by atoms with Crippen LogP contribution in [0.25, 0.3) is 231 Å². The maximum Gasteiger partial charge on any atom is 0.164 e. The zero-order valence-corrected chi connectivity index (χ0v) is 65.5. The molecule has 7 heterocycles. The molecule has 16 aromatic carbocycles. The molecule has 0 amide bonds. The molecule has 9 nitrogen and oxygen atoms in total. The summed E-state index contributed by atoms with van der Waals surface area (Å²) in [6, 6.07) is 140. The molecule has 0 atom stereocenters. The first-order chi connectivity index (χ1) is 58.9. The van der Waals surface area contributed by atoms with Crippen molar-refractivity contribution in [3.63, 3.8) is 0 Å². The third-order valence-electron chi connectivity index (χ3n) is 22.3. The van der Waals surface area contributed by atoms with E-state index in [1.54, 1.807) is 0 Å². The standard InChI is InChI=1S/C54H32N4OS.C54H34N4S/c1-3-12-36(13-4-1)52-56-53(37-14-5-2-6-15-37)58-54(57-52)38-28-24-34(25-29-38)33-22-26-35(27-23-33)49-51-48(44-17-8-10-21-47(44)60-51)43-31-30-39(32-45(43)55-49)40-18-11-19-42-41-16-7-9-20-46(41)59-50(40)42;1-4-15-35(16-5-1)38-21-12-22-39(31-38)42-29-30-45-47(34-42)55-50(51-49(45)46-27-10-11-28-48(46)59-51)43-25-13-23-40(32-43)41-24-14-26-44(33-41)54-57-52(36-17-6-2-7-18-36)56-53(58-54)37-19-8-3-9-20-37/h1-32H;1-34H. The second-order valence-corrected chi connectivity index (χ2v) is 31.7. The minimum atomic E-state index is 0.629. The Hall–Kier alpha value is -15.4. The van der Waals surface area contributed by atoms with E-state index < -0.39 is 0 Å². The number of furan rings is 1. The molecule has 0 unspecified atom stereocenters. The summed E-state index contributed by atoms with van der Waals surface area (Å²) in [4.78, 5) is 40.5. The van der Waals surface area contributed by atoms with Crippen LogP contribution < -0.4 is 0 Å². The first kappa shape index (κ1) is 70.2. The molecule has 0 fully saturated rings. The number of para-hydroxylation sites is 2. The van der Waals surface area contributed by atoms with Gasteiger partial charge < -0.3 is 4.42 Å². The van der Waals surface area contributed by atoms with E-state index in [0.717, 1.165) is 139 Å². The molecule has 0 saturated carbocycles. The topological polar surface area (TPSA) is 116 Å². The van der Waals surface area contributed by atoms with Crippen LogP contribution in [0, 0.1) is 0 Å². The molecular weight excluding hydrogens is 1490 g/mol. The summed E-state index contributed by atoms with van der Waals surface area (Å²) in [6.07, 6.45) is 0. The van der Waals surface area contributed by atoms with Gasteiger partial charge in [0.2, 0.25) is 0 Å². The minimum absolute atomic E-state index is 0.629. The van der Waals surface area contributed by atoms with E-state index in [9.17, 15) is 0 Å². The van der Waals surface area contributed by atoms with Crippen LogP contribution in [-0.4, -0.2) is 39.9 Å². The van der Waals surface area contributed by atoms with Gasteiger partial charge in [-0.05, 0) is 98.6 Å². The van der Waals surface area contributed by atoms with Gasteiger partial charge in [0.25, 0.3) is 0 Å². The van der Waals surface area contributed by atoms with Crippen LogP contribution in [0.2, 0.25) is 0 Å². The van der Waals surface area contributed by atoms with Crippen molar-refractivity contribution in [3.05, 3.63) is 400 Å². The van der Waals surface area contributed by atoms with Crippen molar-refractivity contribution in [2.75, 3.05) is 0 Å². The molecule has 23 rings (SSSR count). The fraction of sp³-hybridized carbons (Fsp3) is 0. The van der Waals surface area contributed by atoms with E-state index in [1.165, 1.54) is 57.0 Å². The van der Waals surface area contributed by atoms with Gasteiger partial charge in [-0.1, -0.05) is 352 Å². The first-order valence-corrected chi connectivity index (χ1v) is 41.3. The normalized spacial score (nSPS) is 11.5. The summed E-state index contributed by atoms with van der Waals surface area (Å²) in [6.45, 7) is 0. The zero-order valence-electron chi connectivity index (χ0n) is 63.9. The van der Waals surface area contributed by atoms with Gasteiger partial charge in [-0.2, -0.15) is 0 Å². The van der Waals surface area contributed by atoms with Gasteiger partial charge in [0.1, 0.15) is 11.2 Å². The number of hydrogen-bond acceptors (Lipinski definition) is 11. The van der Waals surface area contributed by atoms with Crippen molar-refractivity contribution in [3.8, 4) is 146 Å². The summed E-state index contributed by atoms with van der Waals surface area (Å²) in [5, 5.41) is 9.55. The van der Waals surface area contributed by atoms with E-state index in [2.05, 4.69) is 267 Å². The third-order valence-corrected chi connectivity index (χ3v) is 24.6. The Kier molecular flexibility index (Phi) is 17.8. The lowest BCUT2D eigenvalue weighted by Crippen LogP contribution is -2.00. The average molecular weight is 1560 g/mol. The Balaban J connectivity index is 0.000000143. The Morgan fingerprint density at radius 2 is 0.487 bits per heavy atom. The van der Waals surface area contributed by atoms with Crippen molar-refractivity contribution in [1.29, 1.82) is 0 Å². The number of hydrogen-bond donors (Lipinski definition) is 0. The van der Waals surface area contributed by atoms with Crippen molar-refractivity contribution in [2.45, 2.75) is 0 Å². The first-order valence-electron chi connectivity index (χ1n) is 39.7. The number of benzene rings is 16. The average Bonchev–Trinajstić information content (AvgIpc) is 1.19. The van der Waals surface area contributed by atoms with E-state index in [-0.39, 0.29) is 0 Å². The molecule has 7 aromatic heterocycles. The van der Waals surface area contributed by atoms with Crippen molar-refractivity contribution < 1.29 is 4.42 Å². The largest absolute Gasteiger partial charge is 0.455 e. The van der Waals surface area contributed by atoms with Crippen LogP contribution in [0.3, 0.4) is 0 Å². The van der Waals surface area contributed by atoms with Crippen molar-refractivity contribution in [2.24, 2.45) is 0 Å². The van der Waals surface area contributed by atoms with Gasteiger partial charge in [-0.15, -0.1) is 22.7 Å². The van der Waals surface area contributed by atoms with E-state index in [1.807, 2.05) is 156 Å². The van der Waals surface area contributed by atoms with Crippen LogP contribution in [0.1, 0.15) is 0 Å². The van der Waals surface area contributed by atoms with E-state index in [4.69, 9.17) is 44.3 Å². The summed E-state index contributed by atoms with van der Waals surface area (Å²) < 4.78 is 11.3. The molecule has 556 valence electrons. The molecule has 0 N–H and O–H groups in total. The number of pyridine rings is 2. The lowest BCUT2D eigenvalue weighted by atomic mass is 9.96. The van der Waals surface area contributed by atoms with Crippen LogP contribution in [0.4, 0.5) is 0 Å². The highest BCUT2D eigenvalue weighted by Crippen LogP contribution is 2.48. The number of aromatic nitrogens is 8. The van der Waals surface area contributed by atoms with Gasteiger partial charge >= 0.3 is 0 Å². The molecule has 0 saturated heterocycles. The van der Waals surface area contributed by atoms with E-state index >= 15 is 0 Å². The number of thiophene rings is 2. The zero-order chi connectivity index (χ0) is 78.7. The van der Waals surface area contributed by atoms with Crippen LogP contribution in [0.15, 0.2) is 405 Å². The number of fused-ring (bicyclic) bond motifs is 13. The molecule has 0 radical (unpaired) electrons. The summed E-state index contributed by atoms with van der Waals surface area (Å²) >= 11 is 3.62. The van der Waals surface area contributed by atoms with Gasteiger partial charge in [0.15, 0.2) is 34.9 Å². The second-order valence-electron chi connectivity index (χ2n) is 29.6. The van der Waals surface area contributed by atoms with Crippen molar-refractivity contribution >= 4 is 107 Å². The summed E-state index contributed by atoms with van der Waals surface area (Å²) in [5.41, 5.74) is 24.7. The molecule has 0 aliphatic rings. The van der Waals surface area contributed by atoms with Gasteiger partial charge in [-0.3, -0.25) is 0 Å². The van der Waals surface area contributed by atoms with Crippen molar-refractivity contribution in [1.82, 2.24) is 39.9 Å². The molecule has 11 heteroatoms. The molecule has 23 aromatic rings. The van der Waals surface area contributed by atoms with E-state index in [0.29, 0.717) is 34.9 Å². The highest BCUT2D eigenvalue weighted by Gasteiger charge is 2.23. The van der Waals surface area contributed by atoms with Crippen LogP contribution in [-0.2, 0) is 0 Å². The third kappa shape index (κ3) is 13.3. The maximum absolute atomic E-state index is 6.45. The van der Waals surface area contributed by atoms with Gasteiger partial charge in [-0.25, -0.2) is 39.9 Å². The monoisotopic (exact) mass is 1550 g/mol. The highest BCUT2D eigenvalue weighted by atomic mass is 32.1. The predicted molar refractivity (Wildman–Crippen MR) is 494 cm³/mol. The number of nitrogens with zero attached hydrogens (tertiary/aromatic N) is 8. The van der Waals surface area contributed by atoms with Gasteiger partial charge in [0, 0.05) is 103 Å². The highest BCUT2D eigenvalue weighted by molar-refractivity contribution is 7.27. The molecule has 119 heavy (non-hydrogen) atoms. The Bertz CT molecular complexity index is 7720. The fourth-order valence-corrected chi connectivity index (χ4v) is 18.8. The predicted octanol–water partition coefficient (Wildman–Crippen LogP) is 29.1. The van der Waals surface area contributed by atoms with Crippen LogP contribution in [0.5, 0.6) is 0 Å².